The number of fused-ring (bicyclic) bond motifs is 1. The Labute approximate surface area is 188 Å². The van der Waals surface area contributed by atoms with Crippen molar-refractivity contribution >= 4 is 40.1 Å². The number of carboxylic acid groups (broad SMARTS) is 1. The minimum Gasteiger partial charge on any atom is -0.478 e. The summed E-state index contributed by atoms with van der Waals surface area (Å²) in [6.45, 7) is 0. The molecule has 0 atom stereocenters. The zero-order chi connectivity index (χ0) is 23.0. The summed E-state index contributed by atoms with van der Waals surface area (Å²) < 4.78 is 0. The van der Waals surface area contributed by atoms with Gasteiger partial charge in [-0.05, 0) is 34.9 Å². The van der Waals surface area contributed by atoms with Gasteiger partial charge in [0.1, 0.15) is 11.7 Å². The van der Waals surface area contributed by atoms with Gasteiger partial charge in [0.2, 0.25) is 0 Å². The van der Waals surface area contributed by atoms with Crippen LogP contribution >= 0.6 is 11.6 Å². The van der Waals surface area contributed by atoms with Crippen molar-refractivity contribution in [2.24, 2.45) is 11.5 Å². The molecule has 0 saturated heterocycles. The molecule has 8 heteroatoms. The number of amidine groups is 2. The summed E-state index contributed by atoms with van der Waals surface area (Å²) in [6.07, 6.45) is 0.349. The van der Waals surface area contributed by atoms with Gasteiger partial charge in [-0.3, -0.25) is 10.8 Å². The Morgan fingerprint density at radius 2 is 1.59 bits per heavy atom. The fourth-order valence-corrected chi connectivity index (χ4v) is 3.93. The Bertz CT molecular complexity index is 1390. The molecule has 0 spiro atoms. The zero-order valence-electron chi connectivity index (χ0n) is 16.9. The Morgan fingerprint density at radius 1 is 0.938 bits per heavy atom. The van der Waals surface area contributed by atoms with E-state index < -0.39 is 5.97 Å². The lowest BCUT2D eigenvalue weighted by atomic mass is 9.95. The number of rotatable bonds is 6. The summed E-state index contributed by atoms with van der Waals surface area (Å²) in [6, 6.07) is 17.5. The Morgan fingerprint density at radius 3 is 2.22 bits per heavy atom. The predicted molar refractivity (Wildman–Crippen MR) is 127 cm³/mol. The maximum Gasteiger partial charge on any atom is 0.336 e. The topological polar surface area (TPSA) is 153 Å². The molecule has 8 N–H and O–H groups in total. The molecular weight excluding hydrogens is 426 g/mol. The van der Waals surface area contributed by atoms with E-state index in [1.165, 1.54) is 6.07 Å². The molecule has 1 aromatic heterocycles. The van der Waals surface area contributed by atoms with Gasteiger partial charge in [0.15, 0.2) is 0 Å². The van der Waals surface area contributed by atoms with E-state index in [0.717, 1.165) is 27.7 Å². The third-order valence-corrected chi connectivity index (χ3v) is 5.61. The van der Waals surface area contributed by atoms with Crippen molar-refractivity contribution in [2.45, 2.75) is 6.42 Å². The number of nitrogen functional groups attached to an aromatic ring is 2. The first-order chi connectivity index (χ1) is 15.2. The first-order valence-electron chi connectivity index (χ1n) is 9.70. The quantitative estimate of drug-likeness (QED) is 0.193. The minimum atomic E-state index is -1.05. The lowest BCUT2D eigenvalue weighted by Gasteiger charge is -2.10. The molecule has 0 amide bonds. The summed E-state index contributed by atoms with van der Waals surface area (Å²) >= 11 is 6.02. The number of halogens is 1. The van der Waals surface area contributed by atoms with Crippen LogP contribution in [0.25, 0.3) is 22.2 Å². The van der Waals surface area contributed by atoms with Crippen LogP contribution in [0.2, 0.25) is 5.02 Å². The third-order valence-electron chi connectivity index (χ3n) is 5.37. The van der Waals surface area contributed by atoms with Crippen molar-refractivity contribution in [2.75, 3.05) is 0 Å². The number of aromatic carboxylic acids is 1. The summed E-state index contributed by atoms with van der Waals surface area (Å²) in [5.41, 5.74) is 16.5. The summed E-state index contributed by atoms with van der Waals surface area (Å²) in [4.78, 5) is 15.2. The van der Waals surface area contributed by atoms with Crippen molar-refractivity contribution in [1.29, 1.82) is 10.8 Å². The number of hydrogen-bond donors (Lipinski definition) is 6. The van der Waals surface area contributed by atoms with E-state index in [1.807, 2.05) is 18.2 Å². The monoisotopic (exact) mass is 445 g/mol. The number of nitrogens with two attached hydrogens (primary N) is 2. The van der Waals surface area contributed by atoms with Gasteiger partial charge in [0.25, 0.3) is 0 Å². The smallest absolute Gasteiger partial charge is 0.336 e. The highest BCUT2D eigenvalue weighted by atomic mass is 35.5. The molecule has 0 radical (unpaired) electrons. The predicted octanol–water partition coefficient (Wildman–Crippen LogP) is 4.35. The number of carboxylic acids is 1. The van der Waals surface area contributed by atoms with E-state index in [1.54, 1.807) is 36.4 Å². The van der Waals surface area contributed by atoms with E-state index >= 15 is 0 Å². The summed E-state index contributed by atoms with van der Waals surface area (Å²) in [5.74, 6) is -1.11. The number of benzene rings is 3. The number of hydrogen-bond acceptors (Lipinski definition) is 3. The summed E-state index contributed by atoms with van der Waals surface area (Å²) in [5, 5.41) is 26.2. The fraction of sp³-hybridized carbons (Fsp3) is 0.0417. The van der Waals surface area contributed by atoms with Crippen LogP contribution in [-0.4, -0.2) is 27.7 Å². The first-order valence-corrected chi connectivity index (χ1v) is 10.1. The number of carbonyl (C=O) groups is 1. The van der Waals surface area contributed by atoms with Crippen molar-refractivity contribution in [3.63, 3.8) is 0 Å². The molecule has 0 fully saturated rings. The highest BCUT2D eigenvalue weighted by Gasteiger charge is 2.18. The van der Waals surface area contributed by atoms with Crippen molar-refractivity contribution in [3.8, 4) is 11.3 Å². The Kier molecular flexibility index (Phi) is 5.42. The second-order valence-electron chi connectivity index (χ2n) is 7.43. The van der Waals surface area contributed by atoms with Crippen LogP contribution in [0, 0.1) is 10.8 Å². The average molecular weight is 446 g/mol. The van der Waals surface area contributed by atoms with Crippen molar-refractivity contribution < 1.29 is 9.90 Å². The molecule has 0 bridgehead atoms. The van der Waals surface area contributed by atoms with E-state index in [-0.39, 0.29) is 17.2 Å². The van der Waals surface area contributed by atoms with Gasteiger partial charge in [-0.1, -0.05) is 54.1 Å². The molecule has 0 unspecified atom stereocenters. The van der Waals surface area contributed by atoms with Crippen LogP contribution in [0.15, 0.2) is 60.7 Å². The van der Waals surface area contributed by atoms with Crippen LogP contribution < -0.4 is 11.5 Å². The maximum atomic E-state index is 11.8. The molecule has 4 rings (SSSR count). The van der Waals surface area contributed by atoms with Gasteiger partial charge < -0.3 is 21.6 Å². The molecule has 0 saturated carbocycles. The van der Waals surface area contributed by atoms with Gasteiger partial charge in [0, 0.05) is 33.5 Å². The second kappa shape index (κ2) is 8.20. The fourth-order valence-electron chi connectivity index (χ4n) is 3.76. The first kappa shape index (κ1) is 21.1. The SMILES string of the molecule is N=C(N)c1ccc(-c2[nH]c3cc(C(=N)N)ccc3c2Cc2ccc(Cl)cc2C(=O)O)cc1. The van der Waals surface area contributed by atoms with Gasteiger partial charge in [0.05, 0.1) is 11.3 Å². The molecule has 0 aliphatic heterocycles. The standard InChI is InChI=1S/C24H20ClN5O2/c25-16-7-5-14(18(11-16)24(31)32)9-19-17-8-6-15(23(28)29)10-20(17)30-21(19)12-1-3-13(4-2-12)22(26)27/h1-8,10-11,30H,9H2,(H3,26,27)(H3,28,29)(H,31,32). The molecule has 160 valence electrons. The van der Waals surface area contributed by atoms with E-state index in [2.05, 4.69) is 4.98 Å². The summed E-state index contributed by atoms with van der Waals surface area (Å²) in [7, 11) is 0. The molecular formula is C24H20ClN5O2. The second-order valence-corrected chi connectivity index (χ2v) is 7.86. The van der Waals surface area contributed by atoms with Crippen LogP contribution in [0.3, 0.4) is 0 Å². The van der Waals surface area contributed by atoms with Crippen LogP contribution in [0.5, 0.6) is 0 Å². The molecule has 1 heterocycles. The van der Waals surface area contributed by atoms with Gasteiger partial charge in [-0.15, -0.1) is 0 Å². The van der Waals surface area contributed by atoms with E-state index in [0.29, 0.717) is 28.1 Å². The van der Waals surface area contributed by atoms with Crippen LogP contribution in [0.1, 0.15) is 32.6 Å². The molecule has 3 aromatic carbocycles. The average Bonchev–Trinajstić information content (AvgIpc) is 3.12. The Hall–Kier alpha value is -4.10. The molecule has 32 heavy (non-hydrogen) atoms. The minimum absolute atomic E-state index is 0.0215. The number of aromatic nitrogens is 1. The number of nitrogens with one attached hydrogen (secondary N) is 3. The molecule has 7 nitrogen and oxygen atoms in total. The molecule has 0 aliphatic carbocycles. The highest BCUT2D eigenvalue weighted by Crippen LogP contribution is 2.34. The lowest BCUT2D eigenvalue weighted by molar-refractivity contribution is 0.0696. The number of H-pyrrole nitrogens is 1. The normalized spacial score (nSPS) is 10.9. The van der Waals surface area contributed by atoms with Crippen LogP contribution in [0.4, 0.5) is 0 Å². The van der Waals surface area contributed by atoms with Gasteiger partial charge in [-0.25, -0.2) is 4.79 Å². The van der Waals surface area contributed by atoms with Gasteiger partial charge in [-0.2, -0.15) is 0 Å². The van der Waals surface area contributed by atoms with E-state index in [9.17, 15) is 9.90 Å². The van der Waals surface area contributed by atoms with Crippen molar-refractivity contribution in [3.05, 3.63) is 93.5 Å². The third kappa shape index (κ3) is 3.93. The number of aromatic amines is 1. The maximum absolute atomic E-state index is 11.8. The van der Waals surface area contributed by atoms with Gasteiger partial charge >= 0.3 is 5.97 Å². The van der Waals surface area contributed by atoms with Crippen LogP contribution in [-0.2, 0) is 6.42 Å². The zero-order valence-corrected chi connectivity index (χ0v) is 17.6. The largest absolute Gasteiger partial charge is 0.478 e. The Balaban J connectivity index is 1.91. The highest BCUT2D eigenvalue weighted by molar-refractivity contribution is 6.31. The van der Waals surface area contributed by atoms with E-state index in [4.69, 9.17) is 33.9 Å². The molecule has 0 aliphatic rings. The van der Waals surface area contributed by atoms with Crippen molar-refractivity contribution in [1.82, 2.24) is 4.98 Å². The molecule has 4 aromatic rings. The lowest BCUT2D eigenvalue weighted by Crippen LogP contribution is -2.10.